The number of ether oxygens (including phenoxy) is 1. The van der Waals surface area contributed by atoms with Crippen molar-refractivity contribution in [2.45, 2.75) is 18.4 Å². The third kappa shape index (κ3) is 5.64. The molecular weight excluding hydrogens is 392 g/mol. The largest absolute Gasteiger partial charge is 0.435 e. The van der Waals surface area contributed by atoms with E-state index in [1.807, 2.05) is 0 Å². The van der Waals surface area contributed by atoms with Crippen molar-refractivity contribution < 1.29 is 26.7 Å². The van der Waals surface area contributed by atoms with Crippen molar-refractivity contribution in [1.29, 1.82) is 0 Å². The first-order chi connectivity index (χ1) is 13.1. The van der Waals surface area contributed by atoms with Crippen LogP contribution in [0.15, 0.2) is 47.4 Å². The standard InChI is InChI=1S/C18H21F2N3O4S/c1-12-4-9-15(28(25,26)23(2)3)10-16(12)21-11-17(24)22-13-5-7-14(8-6-13)27-18(19)20/h4-10,18,21H,11H2,1-3H3,(H,22,24). The highest BCUT2D eigenvalue weighted by Gasteiger charge is 2.18. The van der Waals surface area contributed by atoms with Crippen LogP contribution in [0.4, 0.5) is 20.2 Å². The van der Waals surface area contributed by atoms with Crippen LogP contribution in [0.2, 0.25) is 0 Å². The van der Waals surface area contributed by atoms with E-state index >= 15 is 0 Å². The number of hydrogen-bond acceptors (Lipinski definition) is 5. The summed E-state index contributed by atoms with van der Waals surface area (Å²) in [5.41, 5.74) is 1.70. The summed E-state index contributed by atoms with van der Waals surface area (Å²) < 4.78 is 54.1. The van der Waals surface area contributed by atoms with Crippen molar-refractivity contribution in [2.75, 3.05) is 31.3 Å². The van der Waals surface area contributed by atoms with E-state index in [0.717, 1.165) is 9.87 Å². The second kappa shape index (κ2) is 8.98. The molecule has 0 bridgehead atoms. The molecule has 2 aromatic carbocycles. The topological polar surface area (TPSA) is 87.7 Å². The first-order valence-corrected chi connectivity index (χ1v) is 9.65. The van der Waals surface area contributed by atoms with Gasteiger partial charge in [0.25, 0.3) is 0 Å². The first-order valence-electron chi connectivity index (χ1n) is 8.21. The van der Waals surface area contributed by atoms with E-state index in [9.17, 15) is 22.0 Å². The Hall–Kier alpha value is -2.72. The molecule has 2 rings (SSSR count). The molecule has 0 radical (unpaired) electrons. The minimum Gasteiger partial charge on any atom is -0.435 e. The fourth-order valence-electron chi connectivity index (χ4n) is 2.26. The number of sulfonamides is 1. The highest BCUT2D eigenvalue weighted by atomic mass is 32.2. The molecule has 152 valence electrons. The number of nitrogens with one attached hydrogen (secondary N) is 2. The minimum atomic E-state index is -3.59. The smallest absolute Gasteiger partial charge is 0.387 e. The minimum absolute atomic E-state index is 0.0133. The van der Waals surface area contributed by atoms with Gasteiger partial charge in [0.15, 0.2) is 0 Å². The average molecular weight is 413 g/mol. The molecule has 0 aliphatic rings. The molecule has 10 heteroatoms. The SMILES string of the molecule is Cc1ccc(S(=O)(=O)N(C)C)cc1NCC(=O)Nc1ccc(OC(F)F)cc1. The lowest BCUT2D eigenvalue weighted by molar-refractivity contribution is -0.114. The van der Waals surface area contributed by atoms with Crippen LogP contribution >= 0.6 is 0 Å². The van der Waals surface area contributed by atoms with E-state index in [1.54, 1.807) is 13.0 Å². The summed E-state index contributed by atoms with van der Waals surface area (Å²) in [5, 5.41) is 5.51. The number of aryl methyl sites for hydroxylation is 1. The van der Waals surface area contributed by atoms with Gasteiger partial charge in [0.2, 0.25) is 15.9 Å². The second-order valence-corrected chi connectivity index (χ2v) is 8.22. The summed E-state index contributed by atoms with van der Waals surface area (Å²) >= 11 is 0. The molecule has 0 fully saturated rings. The Kier molecular flexibility index (Phi) is 6.92. The Balaban J connectivity index is 2.01. The molecule has 0 aliphatic carbocycles. The Labute approximate surface area is 162 Å². The Bertz CT molecular complexity index is 932. The molecule has 0 aromatic heterocycles. The van der Waals surface area contributed by atoms with Gasteiger partial charge in [0.05, 0.1) is 11.4 Å². The molecule has 0 spiro atoms. The number of nitrogens with zero attached hydrogens (tertiary/aromatic N) is 1. The lowest BCUT2D eigenvalue weighted by Gasteiger charge is -2.15. The van der Waals surface area contributed by atoms with Crippen molar-refractivity contribution in [1.82, 2.24) is 4.31 Å². The number of carbonyl (C=O) groups excluding carboxylic acids is 1. The number of hydrogen-bond donors (Lipinski definition) is 2. The number of carbonyl (C=O) groups is 1. The Morgan fingerprint density at radius 2 is 1.79 bits per heavy atom. The summed E-state index contributed by atoms with van der Waals surface area (Å²) in [4.78, 5) is 12.2. The number of halogens is 2. The van der Waals surface area contributed by atoms with Gasteiger partial charge in [0, 0.05) is 25.5 Å². The van der Waals surface area contributed by atoms with E-state index in [1.165, 1.54) is 50.5 Å². The number of alkyl halides is 2. The van der Waals surface area contributed by atoms with Crippen LogP contribution in [0.25, 0.3) is 0 Å². The number of amides is 1. The third-order valence-corrected chi connectivity index (χ3v) is 5.60. The summed E-state index contributed by atoms with van der Waals surface area (Å²) in [7, 11) is -0.713. The zero-order valence-corrected chi connectivity index (χ0v) is 16.4. The van der Waals surface area contributed by atoms with Crippen LogP contribution in [0.1, 0.15) is 5.56 Å². The molecule has 0 atom stereocenters. The van der Waals surface area contributed by atoms with Crippen molar-refractivity contribution in [3.63, 3.8) is 0 Å². The van der Waals surface area contributed by atoms with Gasteiger partial charge in [-0.05, 0) is 48.9 Å². The Morgan fingerprint density at radius 1 is 1.14 bits per heavy atom. The predicted octanol–water partition coefficient (Wildman–Crippen LogP) is 2.90. The van der Waals surface area contributed by atoms with Gasteiger partial charge in [-0.15, -0.1) is 0 Å². The number of benzene rings is 2. The van der Waals surface area contributed by atoms with E-state index in [4.69, 9.17) is 0 Å². The summed E-state index contributed by atoms with van der Waals surface area (Å²) in [5.74, 6) is -0.400. The molecule has 0 heterocycles. The molecule has 7 nitrogen and oxygen atoms in total. The molecule has 2 aromatic rings. The molecule has 0 saturated carbocycles. The van der Waals surface area contributed by atoms with Gasteiger partial charge in [-0.25, -0.2) is 12.7 Å². The van der Waals surface area contributed by atoms with Gasteiger partial charge < -0.3 is 15.4 Å². The van der Waals surface area contributed by atoms with Crippen LogP contribution in [-0.2, 0) is 14.8 Å². The van der Waals surface area contributed by atoms with Gasteiger partial charge in [0.1, 0.15) is 5.75 Å². The molecular formula is C18H21F2N3O4S. The zero-order chi connectivity index (χ0) is 20.9. The molecule has 0 aliphatic heterocycles. The lowest BCUT2D eigenvalue weighted by atomic mass is 10.2. The van der Waals surface area contributed by atoms with Crippen molar-refractivity contribution >= 4 is 27.3 Å². The second-order valence-electron chi connectivity index (χ2n) is 6.07. The fourth-order valence-corrected chi connectivity index (χ4v) is 3.19. The maximum atomic E-state index is 12.2. The first kappa shape index (κ1) is 21.6. The van der Waals surface area contributed by atoms with Crippen LogP contribution in [0.3, 0.4) is 0 Å². The van der Waals surface area contributed by atoms with E-state index in [0.29, 0.717) is 11.4 Å². The van der Waals surface area contributed by atoms with Gasteiger partial charge >= 0.3 is 6.61 Å². The van der Waals surface area contributed by atoms with E-state index in [2.05, 4.69) is 15.4 Å². The van der Waals surface area contributed by atoms with E-state index < -0.39 is 16.6 Å². The molecule has 1 amide bonds. The van der Waals surface area contributed by atoms with Crippen molar-refractivity contribution in [2.24, 2.45) is 0 Å². The normalized spacial score (nSPS) is 11.5. The molecule has 0 saturated heterocycles. The fraction of sp³-hybridized carbons (Fsp3) is 0.278. The van der Waals surface area contributed by atoms with Gasteiger partial charge in [-0.2, -0.15) is 8.78 Å². The van der Waals surface area contributed by atoms with Crippen LogP contribution in [-0.4, -0.2) is 45.9 Å². The maximum absolute atomic E-state index is 12.2. The van der Waals surface area contributed by atoms with Crippen LogP contribution < -0.4 is 15.4 Å². The Morgan fingerprint density at radius 3 is 2.36 bits per heavy atom. The molecule has 28 heavy (non-hydrogen) atoms. The average Bonchev–Trinajstić information content (AvgIpc) is 2.62. The predicted molar refractivity (Wildman–Crippen MR) is 102 cm³/mol. The summed E-state index contributed by atoms with van der Waals surface area (Å²) in [6.07, 6.45) is 0. The van der Waals surface area contributed by atoms with Crippen molar-refractivity contribution in [3.05, 3.63) is 48.0 Å². The lowest BCUT2D eigenvalue weighted by Crippen LogP contribution is -2.24. The van der Waals surface area contributed by atoms with Crippen molar-refractivity contribution in [3.8, 4) is 5.75 Å². The summed E-state index contributed by atoms with van der Waals surface area (Å²) in [6.45, 7) is -1.24. The highest BCUT2D eigenvalue weighted by Crippen LogP contribution is 2.22. The highest BCUT2D eigenvalue weighted by molar-refractivity contribution is 7.89. The third-order valence-electron chi connectivity index (χ3n) is 3.79. The van der Waals surface area contributed by atoms with Gasteiger partial charge in [-0.3, -0.25) is 4.79 Å². The number of anilines is 2. The van der Waals surface area contributed by atoms with E-state index in [-0.39, 0.29) is 23.1 Å². The monoisotopic (exact) mass is 413 g/mol. The van der Waals surface area contributed by atoms with Crippen LogP contribution in [0, 0.1) is 6.92 Å². The quantitative estimate of drug-likeness (QED) is 0.695. The molecule has 0 unspecified atom stereocenters. The maximum Gasteiger partial charge on any atom is 0.387 e. The summed E-state index contributed by atoms with van der Waals surface area (Å²) in [6, 6.07) is 10.1. The van der Waals surface area contributed by atoms with Crippen LogP contribution in [0.5, 0.6) is 5.75 Å². The number of rotatable bonds is 8. The zero-order valence-electron chi connectivity index (χ0n) is 15.6. The van der Waals surface area contributed by atoms with Gasteiger partial charge in [-0.1, -0.05) is 6.07 Å². The molecule has 2 N–H and O–H groups in total.